The lowest BCUT2D eigenvalue weighted by atomic mass is 10.1. The minimum Gasteiger partial charge on any atom is -0.380 e. The highest BCUT2D eigenvalue weighted by Gasteiger charge is 2.12. The van der Waals surface area contributed by atoms with Crippen LogP contribution in [0.1, 0.15) is 22.8 Å². The van der Waals surface area contributed by atoms with E-state index in [2.05, 4.69) is 15.9 Å². The number of rotatable bonds is 3. The maximum atomic E-state index is 13.6. The monoisotopic (exact) mass is 260 g/mol. The van der Waals surface area contributed by atoms with Crippen molar-refractivity contribution in [3.05, 3.63) is 33.5 Å². The first-order valence-corrected chi connectivity index (χ1v) is 4.83. The topological polar surface area (TPSA) is 26.3 Å². The molecule has 0 bridgehead atoms. The Morgan fingerprint density at radius 1 is 1.57 bits per heavy atom. The van der Waals surface area contributed by atoms with Gasteiger partial charge < -0.3 is 4.74 Å². The summed E-state index contributed by atoms with van der Waals surface area (Å²) in [5.74, 6) is -0.788. The highest BCUT2D eigenvalue weighted by atomic mass is 79.9. The molecule has 4 heteroatoms. The number of benzene rings is 1. The molecule has 0 fully saturated rings. The van der Waals surface area contributed by atoms with Crippen molar-refractivity contribution in [2.24, 2.45) is 0 Å². The van der Waals surface area contributed by atoms with E-state index in [-0.39, 0.29) is 18.0 Å². The van der Waals surface area contributed by atoms with Crippen LogP contribution in [0.15, 0.2) is 16.6 Å². The summed E-state index contributed by atoms with van der Waals surface area (Å²) < 4.78 is 19.1. The molecule has 0 spiro atoms. The van der Waals surface area contributed by atoms with E-state index in [1.165, 1.54) is 20.1 Å². The number of carbonyl (C=O) groups is 1. The first-order chi connectivity index (χ1) is 6.56. The Morgan fingerprint density at radius 2 is 2.21 bits per heavy atom. The fourth-order valence-electron chi connectivity index (χ4n) is 1.16. The lowest BCUT2D eigenvalue weighted by Crippen LogP contribution is -2.02. The van der Waals surface area contributed by atoms with Crippen molar-refractivity contribution in [3.8, 4) is 0 Å². The van der Waals surface area contributed by atoms with E-state index >= 15 is 0 Å². The van der Waals surface area contributed by atoms with E-state index in [9.17, 15) is 9.18 Å². The summed E-state index contributed by atoms with van der Waals surface area (Å²) in [7, 11) is 1.48. The van der Waals surface area contributed by atoms with Gasteiger partial charge in [-0.1, -0.05) is 15.9 Å². The third-order valence-corrected chi connectivity index (χ3v) is 2.25. The third kappa shape index (κ3) is 2.39. The number of halogens is 2. The molecule has 0 radical (unpaired) electrons. The van der Waals surface area contributed by atoms with Crippen LogP contribution in [0.4, 0.5) is 4.39 Å². The molecule has 0 saturated heterocycles. The predicted octanol–water partition coefficient (Wildman–Crippen LogP) is 2.94. The van der Waals surface area contributed by atoms with Gasteiger partial charge in [-0.05, 0) is 19.1 Å². The summed E-state index contributed by atoms with van der Waals surface area (Å²) in [5, 5.41) is 0. The van der Waals surface area contributed by atoms with Gasteiger partial charge in [-0.2, -0.15) is 0 Å². The van der Waals surface area contributed by atoms with E-state index < -0.39 is 5.82 Å². The van der Waals surface area contributed by atoms with Crippen molar-refractivity contribution < 1.29 is 13.9 Å². The minimum absolute atomic E-state index is 0.0893. The average Bonchev–Trinajstić information content (AvgIpc) is 2.10. The molecule has 0 aliphatic heterocycles. The molecular weight excluding hydrogens is 251 g/mol. The molecule has 0 amide bonds. The molecule has 0 N–H and O–H groups in total. The maximum absolute atomic E-state index is 13.6. The first-order valence-electron chi connectivity index (χ1n) is 4.04. The van der Waals surface area contributed by atoms with Gasteiger partial charge in [-0.15, -0.1) is 0 Å². The Balaban J connectivity index is 3.24. The molecule has 1 rings (SSSR count). The van der Waals surface area contributed by atoms with Crippen LogP contribution in [0.5, 0.6) is 0 Å². The molecule has 2 nitrogen and oxygen atoms in total. The standard InChI is InChI=1S/C10H10BrFO2/c1-6(13)9-4-8(11)3-7(5-14-2)10(9)12/h3-4H,5H2,1-2H3. The second-order valence-electron chi connectivity index (χ2n) is 2.92. The van der Waals surface area contributed by atoms with E-state index in [1.807, 2.05) is 0 Å². The van der Waals surface area contributed by atoms with Gasteiger partial charge in [0.05, 0.1) is 12.2 Å². The van der Waals surface area contributed by atoms with E-state index in [4.69, 9.17) is 4.74 Å². The molecule has 1 aromatic carbocycles. The number of ether oxygens (including phenoxy) is 1. The molecule has 0 saturated carbocycles. The summed E-state index contributed by atoms with van der Waals surface area (Å²) in [6, 6.07) is 3.07. The third-order valence-electron chi connectivity index (χ3n) is 1.79. The summed E-state index contributed by atoms with van der Waals surface area (Å²) in [6.07, 6.45) is 0. The van der Waals surface area contributed by atoms with Gasteiger partial charge in [-0.3, -0.25) is 4.79 Å². The van der Waals surface area contributed by atoms with Gasteiger partial charge in [0.1, 0.15) is 5.82 Å². The van der Waals surface area contributed by atoms with Crippen molar-refractivity contribution >= 4 is 21.7 Å². The zero-order valence-electron chi connectivity index (χ0n) is 7.93. The summed E-state index contributed by atoms with van der Waals surface area (Å²) >= 11 is 3.21. The van der Waals surface area contributed by atoms with Crippen LogP contribution in [0.3, 0.4) is 0 Å². The minimum atomic E-state index is -0.498. The average molecular weight is 261 g/mol. The van der Waals surface area contributed by atoms with Gasteiger partial charge >= 0.3 is 0 Å². The number of ketones is 1. The Morgan fingerprint density at radius 3 is 2.71 bits per heavy atom. The van der Waals surface area contributed by atoms with Crippen LogP contribution in [-0.4, -0.2) is 12.9 Å². The molecule has 0 unspecified atom stereocenters. The van der Waals surface area contributed by atoms with Crippen molar-refractivity contribution in [1.82, 2.24) is 0 Å². The number of carbonyl (C=O) groups excluding carboxylic acids is 1. The number of hydrogen-bond acceptors (Lipinski definition) is 2. The smallest absolute Gasteiger partial charge is 0.162 e. The molecule has 1 aromatic rings. The maximum Gasteiger partial charge on any atom is 0.162 e. The molecule has 0 atom stereocenters. The Kier molecular flexibility index (Phi) is 3.77. The Bertz CT molecular complexity index is 363. The van der Waals surface area contributed by atoms with Crippen molar-refractivity contribution in [2.45, 2.75) is 13.5 Å². The van der Waals surface area contributed by atoms with E-state index in [0.717, 1.165) is 0 Å². The van der Waals surface area contributed by atoms with E-state index in [0.29, 0.717) is 10.0 Å². The summed E-state index contributed by atoms with van der Waals surface area (Å²) in [5.41, 5.74) is 0.471. The summed E-state index contributed by atoms with van der Waals surface area (Å²) in [6.45, 7) is 1.49. The molecule has 76 valence electrons. The quantitative estimate of drug-likeness (QED) is 0.782. The van der Waals surface area contributed by atoms with Crippen LogP contribution < -0.4 is 0 Å². The SMILES string of the molecule is COCc1cc(Br)cc(C(C)=O)c1F. The van der Waals surface area contributed by atoms with Crippen LogP contribution in [0, 0.1) is 5.82 Å². The molecule has 0 aliphatic rings. The highest BCUT2D eigenvalue weighted by molar-refractivity contribution is 9.10. The van der Waals surface area contributed by atoms with Gasteiger partial charge in [0.2, 0.25) is 0 Å². The molecular formula is C10H10BrFO2. The fraction of sp³-hybridized carbons (Fsp3) is 0.300. The number of hydrogen-bond donors (Lipinski definition) is 0. The molecule has 0 aliphatic carbocycles. The Labute approximate surface area is 90.2 Å². The van der Waals surface area contributed by atoms with Crippen LogP contribution in [0.2, 0.25) is 0 Å². The fourth-order valence-corrected chi connectivity index (χ4v) is 1.67. The van der Waals surface area contributed by atoms with Crippen LogP contribution >= 0.6 is 15.9 Å². The lowest BCUT2D eigenvalue weighted by Gasteiger charge is -2.06. The second-order valence-corrected chi connectivity index (χ2v) is 3.83. The van der Waals surface area contributed by atoms with Crippen molar-refractivity contribution in [3.63, 3.8) is 0 Å². The zero-order valence-corrected chi connectivity index (χ0v) is 9.52. The summed E-state index contributed by atoms with van der Waals surface area (Å²) in [4.78, 5) is 11.1. The number of Topliss-reactive ketones (excluding diaryl/α,β-unsaturated/α-hetero) is 1. The predicted molar refractivity (Wildman–Crippen MR) is 54.8 cm³/mol. The molecule has 0 heterocycles. The van der Waals surface area contributed by atoms with Crippen molar-refractivity contribution in [1.29, 1.82) is 0 Å². The zero-order chi connectivity index (χ0) is 10.7. The second kappa shape index (κ2) is 4.66. The van der Waals surface area contributed by atoms with Crippen LogP contribution in [-0.2, 0) is 11.3 Å². The number of methoxy groups -OCH3 is 1. The van der Waals surface area contributed by atoms with Gasteiger partial charge in [0.25, 0.3) is 0 Å². The lowest BCUT2D eigenvalue weighted by molar-refractivity contribution is 0.101. The van der Waals surface area contributed by atoms with Gasteiger partial charge in [0.15, 0.2) is 5.78 Å². The molecule has 14 heavy (non-hydrogen) atoms. The van der Waals surface area contributed by atoms with Crippen LogP contribution in [0.25, 0.3) is 0 Å². The normalized spacial score (nSPS) is 10.3. The van der Waals surface area contributed by atoms with Crippen molar-refractivity contribution in [2.75, 3.05) is 7.11 Å². The van der Waals surface area contributed by atoms with Gasteiger partial charge in [0, 0.05) is 17.1 Å². The highest BCUT2D eigenvalue weighted by Crippen LogP contribution is 2.21. The van der Waals surface area contributed by atoms with Gasteiger partial charge in [-0.25, -0.2) is 4.39 Å². The largest absolute Gasteiger partial charge is 0.380 e. The molecule has 0 aromatic heterocycles. The Hall–Kier alpha value is -0.740. The first kappa shape index (κ1) is 11.3. The van der Waals surface area contributed by atoms with E-state index in [1.54, 1.807) is 6.07 Å².